The molecule has 0 fully saturated rings. The summed E-state index contributed by atoms with van der Waals surface area (Å²) in [5.74, 6) is 0. The fourth-order valence-electron chi connectivity index (χ4n) is 1.98. The van der Waals surface area contributed by atoms with Crippen molar-refractivity contribution in [3.63, 3.8) is 0 Å². The molecule has 0 aliphatic heterocycles. The first-order valence-electron chi connectivity index (χ1n) is 7.16. The van der Waals surface area contributed by atoms with E-state index in [2.05, 4.69) is 62.1 Å². The maximum absolute atomic E-state index is 4.56. The Balaban J connectivity index is 2.38. The van der Waals surface area contributed by atoms with Gasteiger partial charge in [-0.15, -0.1) is 0 Å². The number of pyridine rings is 1. The Hall–Kier alpha value is -0.930. The second kappa shape index (κ2) is 7.01. The minimum absolute atomic E-state index is 0.205. The standard InChI is InChI=1S/C16H29N3/c1-13-8-7-9-15(18-13)12-19(6)14(2)10-11-17-16(3,4)5/h7-9,14,17H,10-12H2,1-6H3. The summed E-state index contributed by atoms with van der Waals surface area (Å²) in [6.07, 6.45) is 1.15. The number of aryl methyl sites for hydroxylation is 1. The molecule has 0 spiro atoms. The second-order valence-electron chi connectivity index (χ2n) is 6.50. The van der Waals surface area contributed by atoms with Gasteiger partial charge in [-0.2, -0.15) is 0 Å². The Labute approximate surface area is 118 Å². The molecule has 19 heavy (non-hydrogen) atoms. The van der Waals surface area contributed by atoms with Crippen LogP contribution in [0.5, 0.6) is 0 Å². The maximum Gasteiger partial charge on any atom is 0.0547 e. The van der Waals surface area contributed by atoms with E-state index in [-0.39, 0.29) is 5.54 Å². The maximum atomic E-state index is 4.56. The number of rotatable bonds is 6. The van der Waals surface area contributed by atoms with Crippen molar-refractivity contribution in [2.45, 2.75) is 59.2 Å². The highest BCUT2D eigenvalue weighted by atomic mass is 15.1. The van der Waals surface area contributed by atoms with Gasteiger partial charge in [-0.05, 0) is 66.8 Å². The lowest BCUT2D eigenvalue weighted by Crippen LogP contribution is -2.39. The molecule has 1 atom stereocenters. The number of aromatic nitrogens is 1. The van der Waals surface area contributed by atoms with E-state index in [4.69, 9.17) is 0 Å². The average Bonchev–Trinajstić information content (AvgIpc) is 2.27. The fourth-order valence-corrected chi connectivity index (χ4v) is 1.98. The summed E-state index contributed by atoms with van der Waals surface area (Å²) in [6.45, 7) is 12.9. The van der Waals surface area contributed by atoms with Crippen molar-refractivity contribution in [1.29, 1.82) is 0 Å². The summed E-state index contributed by atoms with van der Waals surface area (Å²) in [4.78, 5) is 6.92. The van der Waals surface area contributed by atoms with Gasteiger partial charge in [-0.25, -0.2) is 0 Å². The van der Waals surface area contributed by atoms with Gasteiger partial charge in [-0.3, -0.25) is 9.88 Å². The molecular weight excluding hydrogens is 234 g/mol. The quantitative estimate of drug-likeness (QED) is 0.855. The Morgan fingerprint density at radius 3 is 2.58 bits per heavy atom. The highest BCUT2D eigenvalue weighted by Gasteiger charge is 2.13. The number of hydrogen-bond acceptors (Lipinski definition) is 3. The van der Waals surface area contributed by atoms with E-state index in [1.54, 1.807) is 0 Å². The van der Waals surface area contributed by atoms with Crippen LogP contribution in [0.1, 0.15) is 45.5 Å². The third kappa shape index (κ3) is 6.69. The van der Waals surface area contributed by atoms with Gasteiger partial charge >= 0.3 is 0 Å². The molecule has 1 aromatic heterocycles. The van der Waals surface area contributed by atoms with E-state index in [1.807, 2.05) is 13.0 Å². The summed E-state index contributed by atoms with van der Waals surface area (Å²) in [5, 5.41) is 3.54. The van der Waals surface area contributed by atoms with Crippen molar-refractivity contribution in [1.82, 2.24) is 15.2 Å². The second-order valence-corrected chi connectivity index (χ2v) is 6.50. The molecule has 1 rings (SSSR count). The van der Waals surface area contributed by atoms with Gasteiger partial charge in [-0.1, -0.05) is 6.07 Å². The normalized spacial score (nSPS) is 13.8. The summed E-state index contributed by atoms with van der Waals surface area (Å²) < 4.78 is 0. The van der Waals surface area contributed by atoms with Gasteiger partial charge in [0.05, 0.1) is 5.69 Å². The monoisotopic (exact) mass is 263 g/mol. The van der Waals surface area contributed by atoms with Crippen LogP contribution in [-0.4, -0.2) is 35.1 Å². The predicted octanol–water partition coefficient (Wildman–Crippen LogP) is 2.99. The zero-order valence-electron chi connectivity index (χ0n) is 13.3. The highest BCUT2D eigenvalue weighted by Crippen LogP contribution is 2.08. The Bertz CT molecular complexity index is 382. The van der Waals surface area contributed by atoms with E-state index in [9.17, 15) is 0 Å². The van der Waals surface area contributed by atoms with E-state index < -0.39 is 0 Å². The molecule has 0 saturated carbocycles. The van der Waals surface area contributed by atoms with Crippen molar-refractivity contribution in [3.05, 3.63) is 29.6 Å². The molecule has 0 bridgehead atoms. The van der Waals surface area contributed by atoms with Gasteiger partial charge in [0.15, 0.2) is 0 Å². The minimum atomic E-state index is 0.205. The Morgan fingerprint density at radius 1 is 1.32 bits per heavy atom. The average molecular weight is 263 g/mol. The van der Waals surface area contributed by atoms with Crippen LogP contribution in [0, 0.1) is 6.92 Å². The van der Waals surface area contributed by atoms with Crippen LogP contribution in [-0.2, 0) is 6.54 Å². The number of hydrogen-bond donors (Lipinski definition) is 1. The van der Waals surface area contributed by atoms with Crippen LogP contribution in [0.25, 0.3) is 0 Å². The van der Waals surface area contributed by atoms with Crippen LogP contribution in [0.4, 0.5) is 0 Å². The van der Waals surface area contributed by atoms with Crippen LogP contribution >= 0.6 is 0 Å². The molecule has 0 radical (unpaired) electrons. The number of nitrogens with one attached hydrogen (secondary N) is 1. The molecule has 1 unspecified atom stereocenters. The summed E-state index contributed by atoms with van der Waals surface area (Å²) >= 11 is 0. The molecule has 1 aromatic rings. The topological polar surface area (TPSA) is 28.2 Å². The summed E-state index contributed by atoms with van der Waals surface area (Å²) in [5.41, 5.74) is 2.45. The highest BCUT2D eigenvalue weighted by molar-refractivity contribution is 5.09. The molecular formula is C16H29N3. The Kier molecular flexibility index (Phi) is 5.95. The first-order chi connectivity index (χ1) is 8.78. The molecule has 0 aliphatic carbocycles. The molecule has 0 saturated heterocycles. The van der Waals surface area contributed by atoms with Gasteiger partial charge in [0.25, 0.3) is 0 Å². The number of nitrogens with zero attached hydrogens (tertiary/aromatic N) is 2. The van der Waals surface area contributed by atoms with Crippen molar-refractivity contribution < 1.29 is 0 Å². The van der Waals surface area contributed by atoms with Crippen molar-refractivity contribution in [2.24, 2.45) is 0 Å². The molecule has 1 heterocycles. The molecule has 0 aliphatic rings. The lowest BCUT2D eigenvalue weighted by atomic mass is 10.1. The Morgan fingerprint density at radius 2 is 2.00 bits per heavy atom. The largest absolute Gasteiger partial charge is 0.312 e. The molecule has 0 aromatic carbocycles. The lowest BCUT2D eigenvalue weighted by molar-refractivity contribution is 0.229. The fraction of sp³-hybridized carbons (Fsp3) is 0.688. The van der Waals surface area contributed by atoms with Crippen molar-refractivity contribution in [2.75, 3.05) is 13.6 Å². The van der Waals surface area contributed by atoms with Crippen molar-refractivity contribution in [3.8, 4) is 0 Å². The van der Waals surface area contributed by atoms with Gasteiger partial charge in [0.1, 0.15) is 0 Å². The first kappa shape index (κ1) is 16.1. The zero-order chi connectivity index (χ0) is 14.5. The first-order valence-corrected chi connectivity index (χ1v) is 7.16. The van der Waals surface area contributed by atoms with Crippen LogP contribution in [0.15, 0.2) is 18.2 Å². The lowest BCUT2D eigenvalue weighted by Gasteiger charge is -2.27. The van der Waals surface area contributed by atoms with E-state index in [0.717, 1.165) is 30.9 Å². The summed E-state index contributed by atoms with van der Waals surface area (Å²) in [6, 6.07) is 6.78. The SMILES string of the molecule is Cc1cccc(CN(C)C(C)CCNC(C)(C)C)n1. The van der Waals surface area contributed by atoms with E-state index in [1.165, 1.54) is 0 Å². The smallest absolute Gasteiger partial charge is 0.0547 e. The molecule has 3 nitrogen and oxygen atoms in total. The van der Waals surface area contributed by atoms with Crippen molar-refractivity contribution >= 4 is 0 Å². The zero-order valence-corrected chi connectivity index (χ0v) is 13.3. The van der Waals surface area contributed by atoms with Gasteiger partial charge < -0.3 is 5.32 Å². The molecule has 1 N–H and O–H groups in total. The molecule has 0 amide bonds. The summed E-state index contributed by atoms with van der Waals surface area (Å²) in [7, 11) is 2.17. The van der Waals surface area contributed by atoms with Crippen LogP contribution in [0.2, 0.25) is 0 Å². The van der Waals surface area contributed by atoms with Gasteiger partial charge in [0.2, 0.25) is 0 Å². The predicted molar refractivity (Wildman–Crippen MR) is 82.3 cm³/mol. The molecule has 108 valence electrons. The van der Waals surface area contributed by atoms with Crippen LogP contribution < -0.4 is 5.32 Å². The third-order valence-electron chi connectivity index (χ3n) is 3.33. The van der Waals surface area contributed by atoms with Gasteiger partial charge in [0, 0.05) is 23.8 Å². The van der Waals surface area contributed by atoms with Crippen LogP contribution in [0.3, 0.4) is 0 Å². The molecule has 3 heteroatoms. The third-order valence-corrected chi connectivity index (χ3v) is 3.33. The minimum Gasteiger partial charge on any atom is -0.312 e. The van der Waals surface area contributed by atoms with E-state index >= 15 is 0 Å². The van der Waals surface area contributed by atoms with E-state index in [0.29, 0.717) is 6.04 Å².